The van der Waals surface area contributed by atoms with E-state index in [9.17, 15) is 19.7 Å². The van der Waals surface area contributed by atoms with E-state index in [1.54, 1.807) is 0 Å². The molecule has 0 saturated heterocycles. The SMILES string of the molecule is O=C(O)CC(=Nc1ccc(Br)cc1[N+](=O)[O-])C(=O)O. The zero-order valence-corrected chi connectivity index (χ0v) is 10.8. The summed E-state index contributed by atoms with van der Waals surface area (Å²) in [6.45, 7) is 0. The van der Waals surface area contributed by atoms with Crippen molar-refractivity contribution in [2.45, 2.75) is 6.42 Å². The number of carboxylic acids is 2. The Labute approximate surface area is 114 Å². The van der Waals surface area contributed by atoms with Crippen LogP contribution in [0.25, 0.3) is 0 Å². The number of rotatable bonds is 5. The van der Waals surface area contributed by atoms with Crippen molar-refractivity contribution in [3.63, 3.8) is 0 Å². The second-order valence-electron chi connectivity index (χ2n) is 3.32. The molecule has 0 aliphatic heterocycles. The summed E-state index contributed by atoms with van der Waals surface area (Å²) in [5.41, 5.74) is -1.32. The summed E-state index contributed by atoms with van der Waals surface area (Å²) < 4.78 is 0.424. The van der Waals surface area contributed by atoms with Gasteiger partial charge in [0.2, 0.25) is 0 Å². The number of nitrogens with zero attached hydrogens (tertiary/aromatic N) is 2. The highest BCUT2D eigenvalue weighted by Gasteiger charge is 2.19. The lowest BCUT2D eigenvalue weighted by molar-refractivity contribution is -0.384. The lowest BCUT2D eigenvalue weighted by Gasteiger charge is -2.01. The van der Waals surface area contributed by atoms with E-state index in [1.807, 2.05) is 0 Å². The summed E-state index contributed by atoms with van der Waals surface area (Å²) in [5.74, 6) is -2.93. The predicted octanol–water partition coefficient (Wildman–Crippen LogP) is 1.99. The smallest absolute Gasteiger partial charge is 0.350 e. The highest BCUT2D eigenvalue weighted by molar-refractivity contribution is 9.10. The fourth-order valence-corrected chi connectivity index (χ4v) is 1.54. The van der Waals surface area contributed by atoms with Gasteiger partial charge in [0, 0.05) is 10.5 Å². The molecule has 19 heavy (non-hydrogen) atoms. The second kappa shape index (κ2) is 6.05. The van der Waals surface area contributed by atoms with Crippen LogP contribution < -0.4 is 0 Å². The van der Waals surface area contributed by atoms with E-state index in [1.165, 1.54) is 12.1 Å². The van der Waals surface area contributed by atoms with E-state index < -0.39 is 34.7 Å². The zero-order valence-electron chi connectivity index (χ0n) is 9.24. The van der Waals surface area contributed by atoms with Gasteiger partial charge in [0.15, 0.2) is 0 Å². The molecule has 1 aromatic carbocycles. The Morgan fingerprint density at radius 2 is 2.00 bits per heavy atom. The molecule has 0 atom stereocenters. The van der Waals surface area contributed by atoms with Crippen molar-refractivity contribution in [1.29, 1.82) is 0 Å². The number of benzene rings is 1. The maximum atomic E-state index is 10.8. The fourth-order valence-electron chi connectivity index (χ4n) is 1.19. The van der Waals surface area contributed by atoms with E-state index in [0.29, 0.717) is 4.47 Å². The molecule has 0 aliphatic rings. The molecular formula is C10H7BrN2O6. The van der Waals surface area contributed by atoms with Crippen LogP contribution in [0.4, 0.5) is 11.4 Å². The molecule has 0 bridgehead atoms. The van der Waals surface area contributed by atoms with Crippen LogP contribution in [0, 0.1) is 10.1 Å². The highest BCUT2D eigenvalue weighted by atomic mass is 79.9. The van der Waals surface area contributed by atoms with Crippen molar-refractivity contribution in [1.82, 2.24) is 0 Å². The van der Waals surface area contributed by atoms with E-state index >= 15 is 0 Å². The van der Waals surface area contributed by atoms with E-state index in [0.717, 1.165) is 6.07 Å². The van der Waals surface area contributed by atoms with Gasteiger partial charge in [-0.2, -0.15) is 0 Å². The summed E-state index contributed by atoms with van der Waals surface area (Å²) in [6.07, 6.45) is -0.831. The van der Waals surface area contributed by atoms with Crippen molar-refractivity contribution in [3.8, 4) is 0 Å². The number of hydrogen-bond acceptors (Lipinski definition) is 5. The summed E-state index contributed by atoms with van der Waals surface area (Å²) in [7, 11) is 0. The number of hydrogen-bond donors (Lipinski definition) is 2. The van der Waals surface area contributed by atoms with Crippen LogP contribution in [0.5, 0.6) is 0 Å². The predicted molar refractivity (Wildman–Crippen MR) is 67.8 cm³/mol. The number of carbonyl (C=O) groups is 2. The lowest BCUT2D eigenvalue weighted by Crippen LogP contribution is -2.17. The molecule has 0 aromatic heterocycles. The number of nitro benzene ring substituents is 1. The minimum absolute atomic E-state index is 0.216. The fraction of sp³-hybridized carbons (Fsp3) is 0.100. The number of aliphatic carboxylic acids is 2. The summed E-state index contributed by atoms with van der Waals surface area (Å²) >= 11 is 3.04. The quantitative estimate of drug-likeness (QED) is 0.482. The van der Waals surface area contributed by atoms with Crippen LogP contribution in [0.1, 0.15) is 6.42 Å². The number of halogens is 1. The average Bonchev–Trinajstić information content (AvgIpc) is 2.29. The molecule has 0 aliphatic carbocycles. The van der Waals surface area contributed by atoms with Gasteiger partial charge in [-0.15, -0.1) is 0 Å². The van der Waals surface area contributed by atoms with Crippen LogP contribution in [0.15, 0.2) is 27.7 Å². The Morgan fingerprint density at radius 3 is 2.47 bits per heavy atom. The first-order valence-electron chi connectivity index (χ1n) is 4.78. The molecule has 8 nitrogen and oxygen atoms in total. The van der Waals surface area contributed by atoms with Crippen LogP contribution in [0.3, 0.4) is 0 Å². The molecule has 100 valence electrons. The molecule has 0 saturated carbocycles. The van der Waals surface area contributed by atoms with E-state index in [2.05, 4.69) is 20.9 Å². The molecule has 0 fully saturated rings. The van der Waals surface area contributed by atoms with Gasteiger partial charge in [0.05, 0.1) is 11.3 Å². The highest BCUT2D eigenvalue weighted by Crippen LogP contribution is 2.30. The van der Waals surface area contributed by atoms with Gasteiger partial charge in [-0.1, -0.05) is 15.9 Å². The lowest BCUT2D eigenvalue weighted by atomic mass is 10.2. The molecule has 0 spiro atoms. The van der Waals surface area contributed by atoms with Gasteiger partial charge in [0.25, 0.3) is 5.69 Å². The van der Waals surface area contributed by atoms with Crippen LogP contribution in [0.2, 0.25) is 0 Å². The van der Waals surface area contributed by atoms with Gasteiger partial charge >= 0.3 is 11.9 Å². The van der Waals surface area contributed by atoms with Crippen molar-refractivity contribution < 1.29 is 24.7 Å². The van der Waals surface area contributed by atoms with Crippen molar-refractivity contribution in [3.05, 3.63) is 32.8 Å². The van der Waals surface area contributed by atoms with E-state index in [4.69, 9.17) is 10.2 Å². The van der Waals surface area contributed by atoms with Crippen LogP contribution in [-0.4, -0.2) is 32.8 Å². The molecule has 0 amide bonds. The monoisotopic (exact) mass is 330 g/mol. The standard InChI is InChI=1S/C10H7BrN2O6/c11-5-1-2-6(8(3-5)13(18)19)12-7(10(16)17)4-9(14)15/h1-3H,4H2,(H,14,15)(H,16,17). The van der Waals surface area contributed by atoms with Gasteiger partial charge < -0.3 is 10.2 Å². The van der Waals surface area contributed by atoms with Gasteiger partial charge in [-0.05, 0) is 12.1 Å². The Morgan fingerprint density at radius 1 is 1.37 bits per heavy atom. The normalized spacial score (nSPS) is 11.1. The average molecular weight is 331 g/mol. The number of carboxylic acid groups (broad SMARTS) is 2. The zero-order chi connectivity index (χ0) is 14.6. The first-order valence-corrected chi connectivity index (χ1v) is 5.57. The van der Waals surface area contributed by atoms with Gasteiger partial charge in [-0.25, -0.2) is 9.79 Å². The number of aliphatic imine (C=N–C) groups is 1. The third-order valence-electron chi connectivity index (χ3n) is 1.96. The topological polar surface area (TPSA) is 130 Å². The Bertz CT molecular complexity index is 583. The molecule has 0 unspecified atom stereocenters. The van der Waals surface area contributed by atoms with Crippen molar-refractivity contribution >= 4 is 45.0 Å². The molecule has 9 heteroatoms. The third-order valence-corrected chi connectivity index (χ3v) is 2.45. The Hall–Kier alpha value is -2.29. The van der Waals surface area contributed by atoms with Crippen LogP contribution in [-0.2, 0) is 9.59 Å². The molecule has 0 radical (unpaired) electrons. The van der Waals surface area contributed by atoms with Crippen molar-refractivity contribution in [2.75, 3.05) is 0 Å². The molecule has 1 rings (SSSR count). The molecular weight excluding hydrogens is 324 g/mol. The van der Waals surface area contributed by atoms with E-state index in [-0.39, 0.29) is 5.69 Å². The van der Waals surface area contributed by atoms with Crippen molar-refractivity contribution in [2.24, 2.45) is 4.99 Å². The molecule has 2 N–H and O–H groups in total. The first kappa shape index (κ1) is 14.8. The summed E-state index contributed by atoms with van der Waals surface area (Å²) in [6, 6.07) is 3.82. The maximum absolute atomic E-state index is 10.8. The molecule has 0 heterocycles. The van der Waals surface area contributed by atoms with Gasteiger partial charge in [-0.3, -0.25) is 14.9 Å². The largest absolute Gasteiger partial charge is 0.481 e. The minimum atomic E-state index is -1.54. The third kappa shape index (κ3) is 4.14. The summed E-state index contributed by atoms with van der Waals surface area (Å²) in [5, 5.41) is 28.1. The Kier molecular flexibility index (Phi) is 4.70. The number of nitro groups is 1. The molecule has 1 aromatic rings. The summed E-state index contributed by atoms with van der Waals surface area (Å²) in [4.78, 5) is 34.9. The second-order valence-corrected chi connectivity index (χ2v) is 4.24. The maximum Gasteiger partial charge on any atom is 0.350 e. The minimum Gasteiger partial charge on any atom is -0.481 e. The van der Waals surface area contributed by atoms with Gasteiger partial charge in [0.1, 0.15) is 11.4 Å². The van der Waals surface area contributed by atoms with Crippen LogP contribution >= 0.6 is 15.9 Å². The first-order chi connectivity index (χ1) is 8.81. The Balaban J connectivity index is 3.31.